The van der Waals surface area contributed by atoms with Crippen LogP contribution in [0, 0.1) is 34.3 Å². The first-order chi connectivity index (χ1) is 36.6. The van der Waals surface area contributed by atoms with E-state index in [9.17, 15) is 41.8 Å². The molecule has 7 N–H and O–H groups in total. The van der Waals surface area contributed by atoms with Gasteiger partial charge in [0.15, 0.2) is 0 Å². The normalized spacial score (nSPS) is 18.7. The van der Waals surface area contributed by atoms with Crippen molar-refractivity contribution < 1.29 is 64.8 Å². The number of pyridine rings is 1. The van der Waals surface area contributed by atoms with E-state index >= 15 is 8.78 Å². The van der Waals surface area contributed by atoms with Crippen molar-refractivity contribution in [3.05, 3.63) is 100 Å². The molecule has 4 amide bonds. The number of carbonyl (C=O) groups excluding carboxylic acids is 4. The number of nitrogens with zero attached hydrogens (tertiary/aromatic N) is 5. The van der Waals surface area contributed by atoms with Crippen LogP contribution in [0.2, 0.25) is 0 Å². The molecule has 6 rings (SSSR count). The minimum absolute atomic E-state index is 0.188. The van der Waals surface area contributed by atoms with Gasteiger partial charge in [0.2, 0.25) is 5.91 Å². The third-order valence-corrected chi connectivity index (χ3v) is 13.9. The van der Waals surface area contributed by atoms with E-state index < -0.39 is 109 Å². The highest BCUT2D eigenvalue weighted by Gasteiger charge is 2.46. The first-order valence-electron chi connectivity index (χ1n) is 24.8. The summed E-state index contributed by atoms with van der Waals surface area (Å²) in [6.45, 7) is 1.60. The number of hydrogen-bond donors (Lipinski definition) is 6. The SMILES string of the molecule is COC(=O)NC(C(=O)N[C@@H](Cc1ccc(C#Cc2ccc(N3CC4CCC(C3)N4C3COC3)nc2)cc1)[C@@H](O)CN(Cc1c(F)cc(C(C=NC(F)F)=CN)cc1F)NC(=O)[C@@H](NC(=O)OC)C(C)(C)CF)C(C)(C)CF. The Labute approximate surface area is 443 Å². The standard InChI is InChI=1S/C53H66F6N10O8/c1-52(2,29-54)45(64-50(73)75-5)47(71)63-42(17-32-10-7-31(8-11-32)9-12-33-13-16-44(61-21-33)67-23-36-14-15-37(24-67)69(36)38-27-77-28-38)43(70)26-68(66-48(72)46(53(3,4)30-55)65-51(74)76-6)25-39-40(56)18-34(19-41(39)57)35(20-60)22-62-49(58)59/h7-8,10-11,13,16,18-22,36-38,42-43,45-46,49,70H,14-15,17,23-30,60H2,1-6H3,(H,63,71)(H,64,73)(H,65,74)(H,66,72)/t36?,37?,42-,43-,45?,46+/m0/s1. The second-order valence-corrected chi connectivity index (χ2v) is 20.5. The van der Waals surface area contributed by atoms with Gasteiger partial charge < -0.3 is 45.9 Å². The number of rotatable bonds is 22. The van der Waals surface area contributed by atoms with Crippen molar-refractivity contribution in [2.75, 3.05) is 65.3 Å². The van der Waals surface area contributed by atoms with Gasteiger partial charge in [-0.3, -0.25) is 28.7 Å². The molecule has 77 heavy (non-hydrogen) atoms. The zero-order chi connectivity index (χ0) is 56.2. The summed E-state index contributed by atoms with van der Waals surface area (Å²) in [6, 6.07) is 8.86. The molecular formula is C53H66F6N10O8. The molecule has 0 aliphatic carbocycles. The van der Waals surface area contributed by atoms with Gasteiger partial charge in [0.05, 0.1) is 59.0 Å². The number of ether oxygens (including phenoxy) is 3. The summed E-state index contributed by atoms with van der Waals surface area (Å²) in [5.74, 6) is 2.47. The van der Waals surface area contributed by atoms with Crippen molar-refractivity contribution in [3.63, 3.8) is 0 Å². The van der Waals surface area contributed by atoms with Crippen LogP contribution in [0.3, 0.4) is 0 Å². The van der Waals surface area contributed by atoms with E-state index in [1.807, 2.05) is 12.1 Å². The smallest absolute Gasteiger partial charge is 0.407 e. The van der Waals surface area contributed by atoms with Gasteiger partial charge in [-0.25, -0.2) is 33.4 Å². The van der Waals surface area contributed by atoms with Gasteiger partial charge >= 0.3 is 18.7 Å². The largest absolute Gasteiger partial charge is 0.453 e. The molecule has 3 saturated heterocycles. The molecule has 2 bridgehead atoms. The number of alkyl carbamates (subject to hydrolysis) is 2. The number of piperazine rings is 1. The molecule has 3 unspecified atom stereocenters. The molecular weight excluding hydrogens is 1020 g/mol. The average Bonchev–Trinajstić information content (AvgIpc) is 3.62. The number of fused-ring (bicyclic) bond motifs is 2. The number of nitrogens with two attached hydrogens (primary N) is 1. The van der Waals surface area contributed by atoms with Gasteiger partial charge in [-0.2, -0.15) is 8.78 Å². The average molecular weight is 1090 g/mol. The van der Waals surface area contributed by atoms with Gasteiger partial charge in [0, 0.05) is 90.0 Å². The van der Waals surface area contributed by atoms with Crippen molar-refractivity contribution in [2.24, 2.45) is 21.6 Å². The quantitative estimate of drug-likeness (QED) is 0.0263. The highest BCUT2D eigenvalue weighted by atomic mass is 19.3. The molecule has 2 aromatic carbocycles. The molecule has 4 heterocycles. The number of hydrogen-bond acceptors (Lipinski definition) is 14. The zero-order valence-electron chi connectivity index (χ0n) is 43.6. The summed E-state index contributed by atoms with van der Waals surface area (Å²) in [5.41, 5.74) is 5.25. The summed E-state index contributed by atoms with van der Waals surface area (Å²) in [4.78, 5) is 65.6. The molecule has 3 aliphatic rings. The lowest BCUT2D eigenvalue weighted by Gasteiger charge is -2.47. The van der Waals surface area contributed by atoms with Crippen molar-refractivity contribution in [1.82, 2.24) is 36.3 Å². The number of hydrazine groups is 1. The molecule has 6 atom stereocenters. The van der Waals surface area contributed by atoms with Crippen LogP contribution in [0.5, 0.6) is 0 Å². The first-order valence-corrected chi connectivity index (χ1v) is 24.8. The predicted molar refractivity (Wildman–Crippen MR) is 274 cm³/mol. The van der Waals surface area contributed by atoms with E-state index in [0.29, 0.717) is 41.0 Å². The van der Waals surface area contributed by atoms with Gasteiger partial charge in [-0.05, 0) is 66.8 Å². The highest BCUT2D eigenvalue weighted by molar-refractivity contribution is 6.09. The van der Waals surface area contributed by atoms with Gasteiger partial charge in [-0.15, -0.1) is 0 Å². The maximum atomic E-state index is 16.0. The third-order valence-electron chi connectivity index (χ3n) is 13.9. The maximum Gasteiger partial charge on any atom is 0.407 e. The Balaban J connectivity index is 1.28. The zero-order valence-corrected chi connectivity index (χ0v) is 43.6. The highest BCUT2D eigenvalue weighted by Crippen LogP contribution is 2.35. The van der Waals surface area contributed by atoms with E-state index in [1.54, 1.807) is 30.5 Å². The molecule has 3 aromatic rings. The number of benzene rings is 2. The number of aliphatic hydroxyl groups excluding tert-OH is 1. The van der Waals surface area contributed by atoms with Crippen LogP contribution < -0.4 is 32.0 Å². The van der Waals surface area contributed by atoms with Crippen molar-refractivity contribution in [2.45, 2.75) is 102 Å². The number of anilines is 1. The number of aliphatic hydroxyl groups is 1. The second kappa shape index (κ2) is 26.4. The van der Waals surface area contributed by atoms with Crippen LogP contribution in [0.15, 0.2) is 65.9 Å². The number of halogens is 6. The van der Waals surface area contributed by atoms with Crippen LogP contribution >= 0.6 is 0 Å². The Hall–Kier alpha value is -6.94. The molecule has 18 nitrogen and oxygen atoms in total. The number of aliphatic imine (C=N–C) groups is 1. The van der Waals surface area contributed by atoms with Crippen LogP contribution in [-0.2, 0) is 36.8 Å². The van der Waals surface area contributed by atoms with E-state index in [1.165, 1.54) is 27.7 Å². The molecule has 3 aliphatic heterocycles. The summed E-state index contributed by atoms with van der Waals surface area (Å²) in [6.07, 6.45) is 1.24. The second-order valence-electron chi connectivity index (χ2n) is 20.5. The van der Waals surface area contributed by atoms with E-state index in [0.717, 1.165) is 82.5 Å². The Kier molecular flexibility index (Phi) is 20.3. The van der Waals surface area contributed by atoms with Gasteiger partial charge in [0.1, 0.15) is 29.5 Å². The minimum Gasteiger partial charge on any atom is -0.453 e. The summed E-state index contributed by atoms with van der Waals surface area (Å²) >= 11 is 0. The Morgan fingerprint density at radius 3 is 1.92 bits per heavy atom. The summed E-state index contributed by atoms with van der Waals surface area (Å²) in [5, 5.41) is 20.2. The molecule has 0 spiro atoms. The third kappa shape index (κ3) is 15.4. The van der Waals surface area contributed by atoms with Gasteiger partial charge in [-0.1, -0.05) is 51.7 Å². The van der Waals surface area contributed by atoms with Crippen molar-refractivity contribution in [3.8, 4) is 11.8 Å². The van der Waals surface area contributed by atoms with Crippen molar-refractivity contribution in [1.29, 1.82) is 0 Å². The van der Waals surface area contributed by atoms with Crippen LogP contribution in [0.1, 0.15) is 68.4 Å². The fraction of sp³-hybridized carbons (Fsp3) is 0.509. The molecule has 0 radical (unpaired) electrons. The molecule has 3 fully saturated rings. The number of carbonyl (C=O) groups is 4. The minimum atomic E-state index is -3.16. The Bertz CT molecular complexity index is 2630. The molecule has 24 heteroatoms. The summed E-state index contributed by atoms with van der Waals surface area (Å²) in [7, 11) is 2.04. The van der Waals surface area contributed by atoms with Crippen LogP contribution in [0.25, 0.3) is 5.57 Å². The van der Waals surface area contributed by atoms with E-state index in [4.69, 9.17) is 20.2 Å². The van der Waals surface area contributed by atoms with E-state index in [-0.39, 0.29) is 17.6 Å². The predicted octanol–water partition coefficient (Wildman–Crippen LogP) is 4.77. The van der Waals surface area contributed by atoms with Gasteiger partial charge in [0.25, 0.3) is 5.91 Å². The number of amides is 4. The fourth-order valence-electron chi connectivity index (χ4n) is 9.36. The lowest BCUT2D eigenvalue weighted by Crippen LogP contribution is -2.62. The monoisotopic (exact) mass is 1080 g/mol. The Morgan fingerprint density at radius 2 is 1.43 bits per heavy atom. The Morgan fingerprint density at radius 1 is 0.870 bits per heavy atom. The number of methoxy groups -OCH3 is 2. The summed E-state index contributed by atoms with van der Waals surface area (Å²) < 4.78 is 102. The van der Waals surface area contributed by atoms with Crippen LogP contribution in [0.4, 0.5) is 41.7 Å². The number of alkyl halides is 4. The molecule has 1 aromatic heterocycles. The molecule has 0 saturated carbocycles. The lowest BCUT2D eigenvalue weighted by molar-refractivity contribution is -0.133. The number of allylic oxidation sites excluding steroid dienone is 1. The van der Waals surface area contributed by atoms with Crippen LogP contribution in [-0.4, -0.2) is 160 Å². The first kappa shape index (κ1) is 59.3. The number of aromatic nitrogens is 1. The maximum absolute atomic E-state index is 16.0. The topological polar surface area (TPSA) is 225 Å². The van der Waals surface area contributed by atoms with E-state index in [2.05, 4.69) is 52.7 Å². The molecule has 418 valence electrons. The fourth-order valence-corrected chi connectivity index (χ4v) is 9.36. The lowest BCUT2D eigenvalue weighted by atomic mass is 9.84. The number of nitrogens with one attached hydrogen (secondary N) is 4. The van der Waals surface area contributed by atoms with Crippen molar-refractivity contribution >= 4 is 41.6 Å².